The third-order valence-corrected chi connectivity index (χ3v) is 2.84. The van der Waals surface area contributed by atoms with Crippen molar-refractivity contribution in [1.82, 2.24) is 0 Å². The topological polar surface area (TPSA) is 49.4 Å². The zero-order valence-electron chi connectivity index (χ0n) is 11.2. The minimum atomic E-state index is -0.377. The molecule has 1 rings (SSSR count). The van der Waals surface area contributed by atoms with Gasteiger partial charge in [-0.05, 0) is 12.3 Å². The fourth-order valence-electron chi connectivity index (χ4n) is 1.86. The molecule has 96 valence electrons. The Balaban J connectivity index is 2.40. The minimum absolute atomic E-state index is 0.375. The van der Waals surface area contributed by atoms with Crippen LogP contribution >= 0.6 is 0 Å². The lowest BCUT2D eigenvalue weighted by atomic mass is 10.1. The second-order valence-corrected chi connectivity index (χ2v) is 5.09. The van der Waals surface area contributed by atoms with Crippen LogP contribution in [-0.4, -0.2) is 20.6 Å². The van der Waals surface area contributed by atoms with Gasteiger partial charge in [0.05, 0.1) is 0 Å². The molecule has 0 aliphatic carbocycles. The van der Waals surface area contributed by atoms with E-state index in [9.17, 15) is 9.59 Å². The molecule has 0 bridgehead atoms. The summed E-state index contributed by atoms with van der Waals surface area (Å²) in [6.07, 6.45) is 3.38. The lowest BCUT2D eigenvalue weighted by Crippen LogP contribution is -2.40. The van der Waals surface area contributed by atoms with Gasteiger partial charge in [-0.15, -0.1) is 0 Å². The highest BCUT2D eigenvalue weighted by Crippen LogP contribution is 2.17. The quantitative estimate of drug-likeness (QED) is 0.579. The molecule has 4 heteroatoms. The molecule has 1 aromatic rings. The Hall–Kier alpha value is -1.32. The Morgan fingerprint density at radius 2 is 1.76 bits per heavy atom. The number of nitrogens with one attached hydrogen (secondary N) is 1. The fourth-order valence-corrected chi connectivity index (χ4v) is 1.86. The van der Waals surface area contributed by atoms with E-state index in [0.29, 0.717) is 11.4 Å². The molecule has 0 saturated heterocycles. The Kier molecular flexibility index (Phi) is 4.73. The molecule has 0 fully saturated rings. The van der Waals surface area contributed by atoms with Crippen LogP contribution < -0.4 is 21.1 Å². The first kappa shape index (κ1) is 13.7. The molecule has 0 aliphatic heterocycles. The summed E-state index contributed by atoms with van der Waals surface area (Å²) in [4.78, 5) is 24.3. The van der Waals surface area contributed by atoms with Crippen molar-refractivity contribution >= 4 is 11.4 Å². The Labute approximate surface area is 102 Å². The third-order valence-electron chi connectivity index (χ3n) is 2.84. The summed E-state index contributed by atoms with van der Waals surface area (Å²) < 4.78 is 0. The van der Waals surface area contributed by atoms with E-state index in [-0.39, 0.29) is 10.9 Å². The molecule has 0 saturated carbocycles. The van der Waals surface area contributed by atoms with E-state index < -0.39 is 0 Å². The highest BCUT2D eigenvalue weighted by Gasteiger charge is 2.21. The Morgan fingerprint density at radius 1 is 1.12 bits per heavy atom. The number of hydrogen-bond donors (Lipinski definition) is 1. The normalized spacial score (nSPS) is 11.1. The third kappa shape index (κ3) is 3.32. The molecule has 0 spiro atoms. The van der Waals surface area contributed by atoms with Gasteiger partial charge in [-0.25, -0.2) is 0 Å². The van der Waals surface area contributed by atoms with Crippen LogP contribution in [0.5, 0.6) is 0 Å². The molecule has 0 amide bonds. The number of unbranched alkanes of at least 4 members (excludes halogenated alkanes) is 1. The SMILES string of the molecule is CC(C)CCCCNc1c(N(C)C)c(=O)c1=O. The molecule has 1 aromatic carbocycles. The van der Waals surface area contributed by atoms with Crippen LogP contribution in [0, 0.1) is 5.92 Å². The van der Waals surface area contributed by atoms with E-state index in [1.54, 1.807) is 19.0 Å². The zero-order chi connectivity index (χ0) is 13.0. The van der Waals surface area contributed by atoms with Crippen molar-refractivity contribution in [3.05, 3.63) is 20.4 Å². The van der Waals surface area contributed by atoms with Crippen molar-refractivity contribution in [2.75, 3.05) is 30.9 Å². The van der Waals surface area contributed by atoms with Crippen molar-refractivity contribution in [2.45, 2.75) is 33.1 Å². The first-order chi connectivity index (χ1) is 7.95. The summed E-state index contributed by atoms with van der Waals surface area (Å²) in [6, 6.07) is 0. The van der Waals surface area contributed by atoms with Gasteiger partial charge in [-0.3, -0.25) is 9.59 Å². The highest BCUT2D eigenvalue weighted by molar-refractivity contribution is 5.74. The summed E-state index contributed by atoms with van der Waals surface area (Å²) in [5.41, 5.74) is 0.251. The maximum absolute atomic E-state index is 11.4. The second kappa shape index (κ2) is 5.84. The van der Waals surface area contributed by atoms with Gasteiger partial charge in [0.2, 0.25) is 0 Å². The van der Waals surface area contributed by atoms with Crippen molar-refractivity contribution in [3.63, 3.8) is 0 Å². The van der Waals surface area contributed by atoms with Gasteiger partial charge >= 0.3 is 0 Å². The summed E-state index contributed by atoms with van der Waals surface area (Å²) >= 11 is 0. The largest absolute Gasteiger partial charge is 0.380 e. The molecule has 0 aliphatic rings. The number of nitrogens with zero attached hydrogens (tertiary/aromatic N) is 1. The lowest BCUT2D eigenvalue weighted by Gasteiger charge is -2.19. The van der Waals surface area contributed by atoms with Crippen LogP contribution in [0.1, 0.15) is 33.1 Å². The van der Waals surface area contributed by atoms with Gasteiger partial charge in [0.15, 0.2) is 0 Å². The maximum Gasteiger partial charge on any atom is 0.253 e. The first-order valence-electron chi connectivity index (χ1n) is 6.19. The Morgan fingerprint density at radius 3 is 2.29 bits per heavy atom. The van der Waals surface area contributed by atoms with Crippen LogP contribution in [0.3, 0.4) is 0 Å². The molecule has 1 N–H and O–H groups in total. The average molecular weight is 238 g/mol. The van der Waals surface area contributed by atoms with Crippen molar-refractivity contribution in [1.29, 1.82) is 0 Å². The van der Waals surface area contributed by atoms with Crippen LogP contribution in [0.2, 0.25) is 0 Å². The molecule has 0 atom stereocenters. The predicted octanol–water partition coefficient (Wildman–Crippen LogP) is 1.59. The zero-order valence-corrected chi connectivity index (χ0v) is 11.2. The van der Waals surface area contributed by atoms with Gasteiger partial charge in [0.1, 0.15) is 11.4 Å². The van der Waals surface area contributed by atoms with Crippen molar-refractivity contribution in [2.24, 2.45) is 5.92 Å². The molecular weight excluding hydrogens is 216 g/mol. The van der Waals surface area contributed by atoms with Gasteiger partial charge in [0.25, 0.3) is 10.9 Å². The molecule has 4 nitrogen and oxygen atoms in total. The summed E-state index contributed by atoms with van der Waals surface area (Å²) in [7, 11) is 3.56. The molecule has 0 aromatic heterocycles. The van der Waals surface area contributed by atoms with Crippen LogP contribution in [0.25, 0.3) is 0 Å². The monoisotopic (exact) mass is 238 g/mol. The lowest BCUT2D eigenvalue weighted by molar-refractivity contribution is 0.544. The fraction of sp³-hybridized carbons (Fsp3) is 0.692. The smallest absolute Gasteiger partial charge is 0.253 e. The van der Waals surface area contributed by atoms with E-state index in [1.165, 1.54) is 6.42 Å². The summed E-state index contributed by atoms with van der Waals surface area (Å²) in [5, 5.41) is 3.07. The maximum atomic E-state index is 11.4. The van der Waals surface area contributed by atoms with E-state index in [4.69, 9.17) is 0 Å². The van der Waals surface area contributed by atoms with Crippen LogP contribution in [-0.2, 0) is 0 Å². The predicted molar refractivity (Wildman–Crippen MR) is 72.9 cm³/mol. The van der Waals surface area contributed by atoms with Crippen molar-refractivity contribution < 1.29 is 0 Å². The number of hydrogen-bond acceptors (Lipinski definition) is 4. The van der Waals surface area contributed by atoms with Gasteiger partial charge in [-0.1, -0.05) is 26.7 Å². The standard InChI is InChI=1S/C13H22N2O2/c1-9(2)7-5-6-8-14-10-11(15(3)4)13(17)12(10)16/h9,14H,5-8H2,1-4H3. The average Bonchev–Trinajstić information content (AvgIpc) is 2.25. The van der Waals surface area contributed by atoms with E-state index >= 15 is 0 Å². The van der Waals surface area contributed by atoms with Crippen LogP contribution in [0.4, 0.5) is 11.4 Å². The number of anilines is 2. The minimum Gasteiger partial charge on any atom is -0.380 e. The Bertz CT molecular complexity index is 429. The van der Waals surface area contributed by atoms with E-state index in [2.05, 4.69) is 19.2 Å². The van der Waals surface area contributed by atoms with Crippen molar-refractivity contribution in [3.8, 4) is 0 Å². The van der Waals surface area contributed by atoms with E-state index in [1.807, 2.05) is 0 Å². The van der Waals surface area contributed by atoms with Gasteiger partial charge in [-0.2, -0.15) is 0 Å². The molecule has 0 unspecified atom stereocenters. The number of rotatable bonds is 7. The van der Waals surface area contributed by atoms with Gasteiger partial charge in [0, 0.05) is 20.6 Å². The first-order valence-corrected chi connectivity index (χ1v) is 6.19. The highest BCUT2D eigenvalue weighted by atomic mass is 16.2. The second-order valence-electron chi connectivity index (χ2n) is 5.09. The summed E-state index contributed by atoms with van der Waals surface area (Å²) in [5.74, 6) is 0.721. The molecule has 0 heterocycles. The summed E-state index contributed by atoms with van der Waals surface area (Å²) in [6.45, 7) is 5.17. The molecular formula is C13H22N2O2. The van der Waals surface area contributed by atoms with Gasteiger partial charge < -0.3 is 10.2 Å². The van der Waals surface area contributed by atoms with Crippen LogP contribution in [0.15, 0.2) is 9.59 Å². The molecule has 17 heavy (non-hydrogen) atoms. The van der Waals surface area contributed by atoms with E-state index in [0.717, 1.165) is 25.3 Å². The molecule has 0 radical (unpaired) electrons.